The summed E-state index contributed by atoms with van der Waals surface area (Å²) in [6, 6.07) is 1.56. The molecule has 2 rings (SSSR count). The lowest BCUT2D eigenvalue weighted by atomic mass is 10.4. The van der Waals surface area contributed by atoms with E-state index in [1.807, 2.05) is 0 Å². The molecule has 0 radical (unpaired) electrons. The fourth-order valence-electron chi connectivity index (χ4n) is 1.04. The Morgan fingerprint density at radius 2 is 2.07 bits per heavy atom. The highest BCUT2D eigenvalue weighted by Crippen LogP contribution is 2.25. The van der Waals surface area contributed by atoms with Crippen molar-refractivity contribution in [1.29, 1.82) is 0 Å². The first-order valence-corrected chi connectivity index (χ1v) is 4.54. The lowest BCUT2D eigenvalue weighted by Crippen LogP contribution is -2.00. The number of nitrogens with zero attached hydrogens (tertiary/aromatic N) is 3. The van der Waals surface area contributed by atoms with Gasteiger partial charge in [0.1, 0.15) is 12.1 Å². The minimum absolute atomic E-state index is 0.250. The van der Waals surface area contributed by atoms with Gasteiger partial charge in [0, 0.05) is 12.4 Å². The molecule has 0 fully saturated rings. The second-order valence-corrected chi connectivity index (χ2v) is 3.45. The van der Waals surface area contributed by atoms with Gasteiger partial charge in [-0.2, -0.15) is 0 Å². The van der Waals surface area contributed by atoms with Gasteiger partial charge in [-0.05, 0) is 6.07 Å². The Hall–Kier alpha value is -1.26. The van der Waals surface area contributed by atoms with Crippen LogP contribution in [-0.4, -0.2) is 14.5 Å². The van der Waals surface area contributed by atoms with Gasteiger partial charge in [0.05, 0.1) is 10.0 Å². The van der Waals surface area contributed by atoms with Crippen molar-refractivity contribution in [3.05, 3.63) is 34.8 Å². The van der Waals surface area contributed by atoms with Crippen molar-refractivity contribution >= 4 is 29.0 Å². The standard InChI is InChI=1S/C8H6Cl2N4/c9-5-3-6(10)8(13-7(5)11)14-2-1-12-4-14/h1-4H,(H2,11,13). The Labute approximate surface area is 90.3 Å². The van der Waals surface area contributed by atoms with Crippen LogP contribution in [-0.2, 0) is 0 Å². The Morgan fingerprint density at radius 3 is 2.71 bits per heavy atom. The zero-order valence-corrected chi connectivity index (χ0v) is 8.50. The number of nitrogen functional groups attached to an aromatic ring is 1. The zero-order chi connectivity index (χ0) is 10.1. The van der Waals surface area contributed by atoms with E-state index in [9.17, 15) is 0 Å². The van der Waals surface area contributed by atoms with Crippen LogP contribution in [0.3, 0.4) is 0 Å². The molecule has 14 heavy (non-hydrogen) atoms. The summed E-state index contributed by atoms with van der Waals surface area (Å²) in [5, 5.41) is 0.779. The van der Waals surface area contributed by atoms with E-state index in [1.54, 1.807) is 29.4 Å². The van der Waals surface area contributed by atoms with Crippen LogP contribution in [0.2, 0.25) is 10.0 Å². The second kappa shape index (κ2) is 3.48. The van der Waals surface area contributed by atoms with Crippen molar-refractivity contribution in [2.45, 2.75) is 0 Å². The number of aromatic nitrogens is 3. The quantitative estimate of drug-likeness (QED) is 0.814. The van der Waals surface area contributed by atoms with Crippen LogP contribution in [0.4, 0.5) is 5.82 Å². The number of nitrogens with two attached hydrogens (primary N) is 1. The fourth-order valence-corrected chi connectivity index (χ4v) is 1.49. The average Bonchev–Trinajstić information content (AvgIpc) is 2.64. The van der Waals surface area contributed by atoms with Crippen molar-refractivity contribution in [3.63, 3.8) is 0 Å². The number of imidazole rings is 1. The normalized spacial score (nSPS) is 10.4. The number of hydrogen-bond donors (Lipinski definition) is 1. The van der Waals surface area contributed by atoms with Gasteiger partial charge in [-0.1, -0.05) is 23.2 Å². The predicted molar refractivity (Wildman–Crippen MR) is 55.8 cm³/mol. The molecule has 0 unspecified atom stereocenters. The van der Waals surface area contributed by atoms with Crippen molar-refractivity contribution in [3.8, 4) is 5.82 Å². The van der Waals surface area contributed by atoms with E-state index in [1.165, 1.54) is 0 Å². The summed E-state index contributed by atoms with van der Waals surface area (Å²) >= 11 is 11.7. The molecular weight excluding hydrogens is 223 g/mol. The Morgan fingerprint density at radius 1 is 1.29 bits per heavy atom. The van der Waals surface area contributed by atoms with Crippen molar-refractivity contribution in [2.75, 3.05) is 5.73 Å². The molecule has 0 amide bonds. The molecular formula is C8H6Cl2N4. The van der Waals surface area contributed by atoms with E-state index in [-0.39, 0.29) is 5.82 Å². The van der Waals surface area contributed by atoms with E-state index in [0.29, 0.717) is 15.9 Å². The Bertz CT molecular complexity index is 453. The highest BCUT2D eigenvalue weighted by Gasteiger charge is 2.07. The second-order valence-electron chi connectivity index (χ2n) is 2.63. The summed E-state index contributed by atoms with van der Waals surface area (Å²) in [4.78, 5) is 7.93. The molecule has 0 aromatic carbocycles. The third-order valence-electron chi connectivity index (χ3n) is 1.69. The monoisotopic (exact) mass is 228 g/mol. The molecule has 0 atom stereocenters. The smallest absolute Gasteiger partial charge is 0.159 e. The molecule has 0 saturated carbocycles. The highest BCUT2D eigenvalue weighted by molar-refractivity contribution is 6.36. The minimum Gasteiger partial charge on any atom is -0.382 e. The Balaban J connectivity index is 2.60. The number of hydrogen-bond acceptors (Lipinski definition) is 3. The molecule has 0 aliphatic carbocycles. The molecule has 4 nitrogen and oxygen atoms in total. The van der Waals surface area contributed by atoms with Crippen LogP contribution in [0.5, 0.6) is 0 Å². The van der Waals surface area contributed by atoms with Gasteiger partial charge in [0.15, 0.2) is 5.82 Å². The maximum atomic E-state index is 5.94. The molecule has 0 aliphatic heterocycles. The number of halogens is 2. The maximum absolute atomic E-state index is 5.94. The van der Waals surface area contributed by atoms with E-state index >= 15 is 0 Å². The molecule has 72 valence electrons. The van der Waals surface area contributed by atoms with Crippen LogP contribution < -0.4 is 5.73 Å². The van der Waals surface area contributed by atoms with Crippen LogP contribution in [0.25, 0.3) is 5.82 Å². The van der Waals surface area contributed by atoms with E-state index in [2.05, 4.69) is 9.97 Å². The van der Waals surface area contributed by atoms with Gasteiger partial charge < -0.3 is 5.73 Å². The lowest BCUT2D eigenvalue weighted by molar-refractivity contribution is 0.997. The molecule has 6 heteroatoms. The largest absolute Gasteiger partial charge is 0.382 e. The van der Waals surface area contributed by atoms with Gasteiger partial charge in [-0.3, -0.25) is 4.57 Å². The van der Waals surface area contributed by atoms with Gasteiger partial charge in [-0.25, -0.2) is 9.97 Å². The first-order chi connectivity index (χ1) is 6.68. The molecule has 2 aromatic heterocycles. The van der Waals surface area contributed by atoms with Gasteiger partial charge in [0.25, 0.3) is 0 Å². The minimum atomic E-state index is 0.250. The van der Waals surface area contributed by atoms with Gasteiger partial charge in [0.2, 0.25) is 0 Å². The van der Waals surface area contributed by atoms with Crippen LogP contribution in [0, 0.1) is 0 Å². The summed E-state index contributed by atoms with van der Waals surface area (Å²) in [6.07, 6.45) is 4.94. The summed E-state index contributed by atoms with van der Waals surface area (Å²) in [5.74, 6) is 0.769. The van der Waals surface area contributed by atoms with E-state index in [0.717, 1.165) is 0 Å². The summed E-state index contributed by atoms with van der Waals surface area (Å²) < 4.78 is 1.66. The molecule has 2 aromatic rings. The SMILES string of the molecule is Nc1nc(-n2ccnc2)c(Cl)cc1Cl. The van der Waals surface area contributed by atoms with Gasteiger partial charge >= 0.3 is 0 Å². The van der Waals surface area contributed by atoms with Crippen LogP contribution in [0.1, 0.15) is 0 Å². The highest BCUT2D eigenvalue weighted by atomic mass is 35.5. The summed E-state index contributed by atoms with van der Waals surface area (Å²) in [6.45, 7) is 0. The predicted octanol–water partition coefficient (Wildman–Crippen LogP) is 2.16. The number of anilines is 1. The van der Waals surface area contributed by atoms with E-state index < -0.39 is 0 Å². The number of pyridine rings is 1. The number of rotatable bonds is 1. The van der Waals surface area contributed by atoms with Crippen LogP contribution in [0.15, 0.2) is 24.8 Å². The third-order valence-corrected chi connectivity index (χ3v) is 2.27. The summed E-state index contributed by atoms with van der Waals surface area (Å²) in [5.41, 5.74) is 5.56. The van der Waals surface area contributed by atoms with Gasteiger partial charge in [-0.15, -0.1) is 0 Å². The molecule has 0 aliphatic rings. The zero-order valence-electron chi connectivity index (χ0n) is 6.98. The third kappa shape index (κ3) is 1.54. The molecule has 0 spiro atoms. The summed E-state index contributed by atoms with van der Waals surface area (Å²) in [7, 11) is 0. The molecule has 0 bridgehead atoms. The fraction of sp³-hybridized carbons (Fsp3) is 0. The van der Waals surface area contributed by atoms with Crippen molar-refractivity contribution < 1.29 is 0 Å². The Kier molecular flexibility index (Phi) is 2.31. The average molecular weight is 229 g/mol. The lowest BCUT2D eigenvalue weighted by Gasteiger charge is -2.05. The topological polar surface area (TPSA) is 56.7 Å². The maximum Gasteiger partial charge on any atom is 0.159 e. The van der Waals surface area contributed by atoms with Crippen LogP contribution >= 0.6 is 23.2 Å². The first kappa shape index (κ1) is 9.30. The van der Waals surface area contributed by atoms with Crippen molar-refractivity contribution in [1.82, 2.24) is 14.5 Å². The van der Waals surface area contributed by atoms with E-state index in [4.69, 9.17) is 28.9 Å². The molecule has 0 saturated heterocycles. The van der Waals surface area contributed by atoms with Crippen molar-refractivity contribution in [2.24, 2.45) is 0 Å². The molecule has 2 heterocycles. The first-order valence-electron chi connectivity index (χ1n) is 3.78. The molecule has 2 N–H and O–H groups in total.